The van der Waals surface area contributed by atoms with Gasteiger partial charge in [0, 0.05) is 6.42 Å². The lowest BCUT2D eigenvalue weighted by atomic mass is 10.0. The van der Waals surface area contributed by atoms with Crippen LogP contribution < -0.4 is 4.90 Å². The van der Waals surface area contributed by atoms with Crippen LogP contribution in [-0.4, -0.2) is 53.2 Å². The van der Waals surface area contributed by atoms with Crippen molar-refractivity contribution in [3.63, 3.8) is 0 Å². The fourth-order valence-corrected chi connectivity index (χ4v) is 4.23. The fraction of sp³-hybridized carbons (Fsp3) is 1.00. The molecule has 0 aromatic rings. The molecule has 29 heavy (non-hydrogen) atoms. The Bertz CT molecular complexity index is 340. The van der Waals surface area contributed by atoms with Gasteiger partial charge in [0.05, 0.1) is 20.1 Å². The minimum atomic E-state index is -6.83. The van der Waals surface area contributed by atoms with Crippen molar-refractivity contribution in [3.05, 3.63) is 0 Å². The molecule has 0 bridgehead atoms. The highest BCUT2D eigenvalue weighted by Gasteiger charge is 2.41. The molecule has 176 valence electrons. The molecule has 1 fully saturated rings. The van der Waals surface area contributed by atoms with Gasteiger partial charge in [-0.3, -0.25) is 4.90 Å². The second kappa shape index (κ2) is 18.9. The lowest BCUT2D eigenvalue weighted by molar-refractivity contribution is -0.898. The molecule has 0 aromatic carbocycles. The molecule has 0 aromatic heterocycles. The predicted molar refractivity (Wildman–Crippen MR) is 118 cm³/mol. The van der Waals surface area contributed by atoms with Crippen molar-refractivity contribution in [2.75, 3.05) is 27.2 Å². The van der Waals surface area contributed by atoms with E-state index in [-0.39, 0.29) is 0 Å². The van der Waals surface area contributed by atoms with E-state index in [0.717, 1.165) is 6.17 Å². The summed E-state index contributed by atoms with van der Waals surface area (Å²) < 4.78 is 39.4. The Morgan fingerprint density at radius 3 is 1.38 bits per heavy atom. The first kappa shape index (κ1) is 29.2. The molecule has 0 aliphatic carbocycles. The molecule has 0 radical (unpaired) electrons. The van der Waals surface area contributed by atoms with Gasteiger partial charge in [0.25, 0.3) is 0 Å². The molecule has 2 unspecified atom stereocenters. The highest BCUT2D eigenvalue weighted by Crippen LogP contribution is 2.14. The third-order valence-corrected chi connectivity index (χ3v) is 6.04. The van der Waals surface area contributed by atoms with Crippen LogP contribution in [0, 0.1) is 0 Å². The number of hydrogen-bond acceptors (Lipinski definition) is 1. The molecule has 0 spiro atoms. The summed E-state index contributed by atoms with van der Waals surface area (Å²) in [7, 11) is 4.66. The van der Waals surface area contributed by atoms with E-state index >= 15 is 0 Å². The fourth-order valence-electron chi connectivity index (χ4n) is 4.23. The van der Waals surface area contributed by atoms with E-state index in [9.17, 15) is 14.1 Å². The highest BCUT2D eigenvalue weighted by atomic mass is 27.5. The van der Waals surface area contributed by atoms with Crippen LogP contribution in [0.3, 0.4) is 0 Å². The third-order valence-electron chi connectivity index (χ3n) is 6.04. The summed E-state index contributed by atoms with van der Waals surface area (Å²) in [6.45, 7) is 4.92. The maximum absolute atomic E-state index is 9.85. The lowest BCUT2D eigenvalue weighted by Gasteiger charge is -2.21. The normalized spacial score (nSPS) is 20.0. The molecule has 0 saturated carbocycles. The first-order valence-corrected chi connectivity index (χ1v) is 13.9. The predicted octanol–water partition coefficient (Wildman–Crippen LogP) is 6.33. The molecular formula is C22H47AlF4N2. The number of halogens is 4. The van der Waals surface area contributed by atoms with Crippen LogP contribution in [0.1, 0.15) is 110 Å². The molecule has 2 atom stereocenters. The summed E-state index contributed by atoms with van der Waals surface area (Å²) in [5.74, 6) is 0. The van der Waals surface area contributed by atoms with E-state index in [4.69, 9.17) is 0 Å². The first-order chi connectivity index (χ1) is 13.8. The molecule has 1 heterocycles. The van der Waals surface area contributed by atoms with Crippen molar-refractivity contribution in [2.45, 2.75) is 116 Å². The maximum Gasteiger partial charge on any atom is 1.04 e. The smallest absolute Gasteiger partial charge is 0.510 e. The minimum absolute atomic E-state index is 0.798. The summed E-state index contributed by atoms with van der Waals surface area (Å²) in [6, 6.07) is 0. The Balaban J connectivity index is 0.00000139. The molecule has 1 saturated heterocycles. The highest BCUT2D eigenvalue weighted by molar-refractivity contribution is 6.50. The molecule has 0 amide bonds. The Hall–Kier alpha value is 0.172. The van der Waals surface area contributed by atoms with Crippen molar-refractivity contribution in [2.24, 2.45) is 0 Å². The van der Waals surface area contributed by atoms with Crippen LogP contribution >= 0.6 is 0 Å². The topological polar surface area (TPSA) is 7.68 Å². The van der Waals surface area contributed by atoms with E-state index in [2.05, 4.69) is 25.9 Å². The average Bonchev–Trinajstić information content (AvgIpc) is 2.95. The number of nitrogens with zero attached hydrogens (tertiary/aromatic N) is 1. The van der Waals surface area contributed by atoms with Crippen molar-refractivity contribution >= 4 is 14.9 Å². The Kier molecular flexibility index (Phi) is 19.0. The van der Waals surface area contributed by atoms with Gasteiger partial charge >= 0.3 is 14.9 Å². The lowest BCUT2D eigenvalue weighted by Crippen LogP contribution is -3.11. The molecule has 1 aliphatic rings. The van der Waals surface area contributed by atoms with Gasteiger partial charge in [-0.25, -0.2) is 0 Å². The standard InChI is InChI=1S/C22H46N2.Al.4FH/c1-4-5-6-7-8-9-10-11-12-13-14-15-16-17-18-19-22-23(2)20-21-24(22)3;;;;;/h22H,4-21H2,1-3H3;;4*1H/q;+3;;;;/p-3. The minimum Gasteiger partial charge on any atom is -0.510 e. The van der Waals surface area contributed by atoms with Crippen molar-refractivity contribution in [3.8, 4) is 0 Å². The maximum atomic E-state index is 9.85. The summed E-state index contributed by atoms with van der Waals surface area (Å²) >= 11 is -6.83. The molecular weight excluding hydrogens is 395 g/mol. The molecule has 1 aliphatic heterocycles. The number of unbranched alkanes of at least 4 members (excludes halogenated alkanes) is 14. The first-order valence-electron chi connectivity index (χ1n) is 12.2. The summed E-state index contributed by atoms with van der Waals surface area (Å²) in [5, 5.41) is 0. The number of quaternary nitrogens is 1. The van der Waals surface area contributed by atoms with Gasteiger partial charge < -0.3 is 19.0 Å². The van der Waals surface area contributed by atoms with Crippen LogP contribution in [0.15, 0.2) is 0 Å². The van der Waals surface area contributed by atoms with Crippen LogP contribution in [0.25, 0.3) is 0 Å². The third kappa shape index (κ3) is 21.2. The number of nitrogens with one attached hydrogen (secondary N) is 1. The van der Waals surface area contributed by atoms with Crippen molar-refractivity contribution in [1.82, 2.24) is 4.90 Å². The van der Waals surface area contributed by atoms with Crippen molar-refractivity contribution < 1.29 is 19.0 Å². The van der Waals surface area contributed by atoms with Crippen LogP contribution in [0.5, 0.6) is 0 Å². The van der Waals surface area contributed by atoms with Crippen LogP contribution in [-0.2, 0) is 0 Å². The van der Waals surface area contributed by atoms with Gasteiger partial charge in [-0.1, -0.05) is 96.8 Å². The Morgan fingerprint density at radius 1 is 0.724 bits per heavy atom. The second-order valence-corrected chi connectivity index (χ2v) is 9.82. The SMILES string of the molecule is CCCCCCCCCCCCCCCCCC1N(C)CC[NH+]1C.[F][Al-]([F])([F])[F]. The Morgan fingerprint density at radius 2 is 1.07 bits per heavy atom. The summed E-state index contributed by atoms with van der Waals surface area (Å²) in [5.41, 5.74) is 0. The van der Waals surface area contributed by atoms with E-state index in [1.54, 1.807) is 4.90 Å². The van der Waals surface area contributed by atoms with E-state index < -0.39 is 14.9 Å². The zero-order valence-corrected chi connectivity index (χ0v) is 20.5. The van der Waals surface area contributed by atoms with Gasteiger partial charge in [-0.15, -0.1) is 0 Å². The number of rotatable bonds is 16. The average molecular weight is 443 g/mol. The van der Waals surface area contributed by atoms with E-state index in [0.29, 0.717) is 0 Å². The Labute approximate surface area is 182 Å². The van der Waals surface area contributed by atoms with Gasteiger partial charge in [0.1, 0.15) is 6.17 Å². The second-order valence-electron chi connectivity index (χ2n) is 8.83. The van der Waals surface area contributed by atoms with Gasteiger partial charge in [0.15, 0.2) is 0 Å². The molecule has 7 heteroatoms. The largest absolute Gasteiger partial charge is 1.04 e. The molecule has 2 nitrogen and oxygen atoms in total. The van der Waals surface area contributed by atoms with Gasteiger partial charge in [0.2, 0.25) is 0 Å². The van der Waals surface area contributed by atoms with Crippen molar-refractivity contribution in [1.29, 1.82) is 0 Å². The molecule has 1 N–H and O–H groups in total. The summed E-state index contributed by atoms with van der Waals surface area (Å²) in [4.78, 5) is 4.28. The van der Waals surface area contributed by atoms with E-state index in [1.807, 2.05) is 0 Å². The monoisotopic (exact) mass is 442 g/mol. The number of likely N-dealkylation sites (N-methyl/N-ethyl adjacent to an activating group) is 2. The van der Waals surface area contributed by atoms with Crippen LogP contribution in [0.4, 0.5) is 14.1 Å². The summed E-state index contributed by atoms with van der Waals surface area (Å²) in [6.07, 6.45) is 24.1. The zero-order valence-electron chi connectivity index (χ0n) is 19.3. The van der Waals surface area contributed by atoms with Crippen LogP contribution in [0.2, 0.25) is 0 Å². The van der Waals surface area contributed by atoms with Gasteiger partial charge in [-0.2, -0.15) is 0 Å². The number of hydrogen-bond donors (Lipinski definition) is 1. The molecule has 1 rings (SSSR count). The zero-order chi connectivity index (χ0) is 22.0. The van der Waals surface area contributed by atoms with Gasteiger partial charge in [-0.05, 0) is 13.5 Å². The quantitative estimate of drug-likeness (QED) is 0.167. The van der Waals surface area contributed by atoms with E-state index in [1.165, 1.54) is 116 Å².